The molecule has 1 rings (SSSR count). The van der Waals surface area contributed by atoms with Gasteiger partial charge < -0.3 is 14.8 Å². The first-order valence-electron chi connectivity index (χ1n) is 10.1. The highest BCUT2D eigenvalue weighted by Crippen LogP contribution is 2.37. The summed E-state index contributed by atoms with van der Waals surface area (Å²) < 4.78 is 2.11. The van der Waals surface area contributed by atoms with Crippen molar-refractivity contribution in [3.8, 4) is 0 Å². The lowest BCUT2D eigenvalue weighted by Crippen LogP contribution is -2.59. The van der Waals surface area contributed by atoms with Crippen molar-refractivity contribution in [2.24, 2.45) is 11.8 Å². The Morgan fingerprint density at radius 3 is 2.30 bits per heavy atom. The zero-order chi connectivity index (χ0) is 20.8. The van der Waals surface area contributed by atoms with Gasteiger partial charge in [-0.05, 0) is 58.3 Å². The van der Waals surface area contributed by atoms with Crippen molar-refractivity contribution >= 4 is 37.1 Å². The Kier molecular flexibility index (Phi) is 9.23. The summed E-state index contributed by atoms with van der Waals surface area (Å²) in [5.74, 6) is 0.962. The van der Waals surface area contributed by atoms with Crippen LogP contribution in [-0.2, 0) is 14.4 Å². The molecule has 7 heteroatoms. The van der Waals surface area contributed by atoms with Crippen LogP contribution in [0.2, 0.25) is 0 Å². The van der Waals surface area contributed by atoms with Crippen LogP contribution in [0.15, 0.2) is 0 Å². The van der Waals surface area contributed by atoms with Gasteiger partial charge in [-0.15, -0.1) is 0 Å². The van der Waals surface area contributed by atoms with E-state index < -0.39 is 11.1 Å². The summed E-state index contributed by atoms with van der Waals surface area (Å²) in [6.07, 6.45) is 4.14. The fraction of sp³-hybridized carbons (Fsp3) is 0.850. The van der Waals surface area contributed by atoms with E-state index >= 15 is 0 Å². The third-order valence-corrected chi connectivity index (χ3v) is 7.49. The number of nitrogens with zero attached hydrogens (tertiary/aromatic N) is 1. The molecule has 27 heavy (non-hydrogen) atoms. The molecular weight excluding hydrogens is 359 g/mol. The van der Waals surface area contributed by atoms with Gasteiger partial charge in [0, 0.05) is 6.54 Å². The SMILES string of the molecule is CCC(C)(N[B]C(=O)C(C)(CC)N1CC(C)CC(C)CC(C=O)S1)C(C)=O. The predicted octanol–water partition coefficient (Wildman–Crippen LogP) is 3.23. The molecule has 0 aliphatic carbocycles. The molecule has 1 saturated heterocycles. The average Bonchev–Trinajstić information content (AvgIpc) is 2.61. The largest absolute Gasteiger partial charge is 0.342 e. The number of rotatable bonds is 9. The van der Waals surface area contributed by atoms with Gasteiger partial charge in [0.1, 0.15) is 17.8 Å². The summed E-state index contributed by atoms with van der Waals surface area (Å²) in [4.78, 5) is 36.7. The van der Waals surface area contributed by atoms with E-state index in [1.165, 1.54) is 19.4 Å². The summed E-state index contributed by atoms with van der Waals surface area (Å²) in [6.45, 7) is 14.4. The minimum absolute atomic E-state index is 0.0107. The van der Waals surface area contributed by atoms with E-state index in [1.807, 2.05) is 27.7 Å². The second-order valence-electron chi connectivity index (χ2n) is 8.54. The van der Waals surface area contributed by atoms with Crippen LogP contribution < -0.4 is 5.23 Å². The molecule has 1 heterocycles. The van der Waals surface area contributed by atoms with E-state index in [9.17, 15) is 14.4 Å². The summed E-state index contributed by atoms with van der Waals surface area (Å²) in [6, 6.07) is 0. The highest BCUT2D eigenvalue weighted by atomic mass is 32.2. The van der Waals surface area contributed by atoms with E-state index in [0.717, 1.165) is 25.7 Å². The maximum Gasteiger partial charge on any atom is 0.298 e. The number of aldehydes is 1. The van der Waals surface area contributed by atoms with Gasteiger partial charge in [0.05, 0.1) is 16.3 Å². The monoisotopic (exact) mass is 395 g/mol. The molecule has 1 aliphatic rings. The normalized spacial score (nSPS) is 28.9. The molecule has 5 unspecified atom stereocenters. The lowest BCUT2D eigenvalue weighted by atomic mass is 9.70. The summed E-state index contributed by atoms with van der Waals surface area (Å²) in [7, 11) is 1.47. The molecule has 1 N–H and O–H groups in total. The summed E-state index contributed by atoms with van der Waals surface area (Å²) in [5, 5.41) is 2.94. The number of carbonyl (C=O) groups is 3. The lowest BCUT2D eigenvalue weighted by Gasteiger charge is -2.43. The third kappa shape index (κ3) is 6.16. The molecule has 0 bridgehead atoms. The highest BCUT2D eigenvalue weighted by Gasteiger charge is 2.42. The molecule has 5 nitrogen and oxygen atoms in total. The van der Waals surface area contributed by atoms with Crippen molar-refractivity contribution < 1.29 is 14.4 Å². The van der Waals surface area contributed by atoms with Gasteiger partial charge in [-0.2, -0.15) is 0 Å². The Hall–Kier alpha value is -0.655. The molecule has 1 fully saturated rings. The lowest BCUT2D eigenvalue weighted by molar-refractivity contribution is -0.122. The Balaban J connectivity index is 2.99. The van der Waals surface area contributed by atoms with Crippen LogP contribution in [0.4, 0.5) is 0 Å². The van der Waals surface area contributed by atoms with Gasteiger partial charge in [-0.25, -0.2) is 4.31 Å². The quantitative estimate of drug-likeness (QED) is 0.367. The zero-order valence-corrected chi connectivity index (χ0v) is 18.8. The van der Waals surface area contributed by atoms with Gasteiger partial charge >= 0.3 is 0 Å². The molecule has 0 amide bonds. The van der Waals surface area contributed by atoms with Crippen LogP contribution in [0, 0.1) is 11.8 Å². The summed E-state index contributed by atoms with van der Waals surface area (Å²) >= 11 is 1.51. The fourth-order valence-electron chi connectivity index (χ4n) is 3.49. The molecule has 1 aliphatic heterocycles. The maximum absolute atomic E-state index is 13.2. The molecule has 5 atom stereocenters. The molecule has 0 saturated carbocycles. The average molecular weight is 395 g/mol. The Labute approximate surface area is 170 Å². The predicted molar refractivity (Wildman–Crippen MR) is 114 cm³/mol. The summed E-state index contributed by atoms with van der Waals surface area (Å²) in [5.41, 5.74) is -1.51. The van der Waals surface area contributed by atoms with Crippen molar-refractivity contribution in [2.45, 2.75) is 90.5 Å². The van der Waals surface area contributed by atoms with E-state index in [1.54, 1.807) is 6.92 Å². The first-order chi connectivity index (χ1) is 12.5. The molecule has 1 radical (unpaired) electrons. The van der Waals surface area contributed by atoms with E-state index in [4.69, 9.17) is 0 Å². The second kappa shape index (κ2) is 10.2. The van der Waals surface area contributed by atoms with Crippen LogP contribution in [0.1, 0.15) is 74.1 Å². The van der Waals surface area contributed by atoms with Gasteiger partial charge in [0.2, 0.25) is 0 Å². The maximum atomic E-state index is 13.2. The Morgan fingerprint density at radius 2 is 1.81 bits per heavy atom. The van der Waals surface area contributed by atoms with Crippen molar-refractivity contribution in [1.29, 1.82) is 0 Å². The molecular formula is C20H36BN2O3S. The molecule has 0 aromatic carbocycles. The highest BCUT2D eigenvalue weighted by molar-refractivity contribution is 7.98. The topological polar surface area (TPSA) is 66.5 Å². The van der Waals surface area contributed by atoms with E-state index in [0.29, 0.717) is 24.7 Å². The Morgan fingerprint density at radius 1 is 1.19 bits per heavy atom. The van der Waals surface area contributed by atoms with Crippen LogP contribution in [0.5, 0.6) is 0 Å². The smallest absolute Gasteiger partial charge is 0.298 e. The first kappa shape index (κ1) is 24.4. The minimum atomic E-state index is -0.734. The Bertz CT molecular complexity index is 547. The standard InChI is InChI=1S/C20H36BN2O3S/c1-8-19(6,16(5)25)22-21-18(26)20(7,9-2)23-12-15(4)10-14(3)11-17(13-24)27-23/h13-15,17,22H,8-12H2,1-7H3. The van der Waals surface area contributed by atoms with Crippen molar-refractivity contribution in [3.63, 3.8) is 0 Å². The van der Waals surface area contributed by atoms with Crippen molar-refractivity contribution in [3.05, 3.63) is 0 Å². The fourth-order valence-corrected chi connectivity index (χ4v) is 5.07. The number of ketones is 1. The van der Waals surface area contributed by atoms with Crippen LogP contribution in [0.25, 0.3) is 0 Å². The van der Waals surface area contributed by atoms with Gasteiger partial charge in [0.15, 0.2) is 0 Å². The molecule has 0 spiro atoms. The first-order valence-corrected chi connectivity index (χ1v) is 10.9. The van der Waals surface area contributed by atoms with Crippen LogP contribution >= 0.6 is 11.9 Å². The molecule has 153 valence electrons. The van der Waals surface area contributed by atoms with Crippen LogP contribution in [0.3, 0.4) is 0 Å². The van der Waals surface area contributed by atoms with E-state index in [2.05, 4.69) is 23.4 Å². The van der Waals surface area contributed by atoms with Crippen molar-refractivity contribution in [1.82, 2.24) is 9.53 Å². The zero-order valence-electron chi connectivity index (χ0n) is 18.0. The molecule has 0 aromatic heterocycles. The van der Waals surface area contributed by atoms with Gasteiger partial charge in [-0.3, -0.25) is 4.79 Å². The third-order valence-electron chi connectivity index (χ3n) is 6.11. The van der Waals surface area contributed by atoms with E-state index in [-0.39, 0.29) is 16.7 Å². The van der Waals surface area contributed by atoms with Crippen LogP contribution in [-0.4, -0.2) is 52.3 Å². The second-order valence-corrected chi connectivity index (χ2v) is 9.80. The number of hydrogen-bond donors (Lipinski definition) is 1. The van der Waals surface area contributed by atoms with Gasteiger partial charge in [-0.1, -0.05) is 39.6 Å². The minimum Gasteiger partial charge on any atom is -0.342 e. The number of carbonyl (C=O) groups excluding carboxylic acids is 3. The number of hydrogen-bond acceptors (Lipinski definition) is 6. The molecule has 0 aromatic rings. The van der Waals surface area contributed by atoms with Gasteiger partial charge in [0.25, 0.3) is 7.41 Å². The number of nitrogens with one attached hydrogen (secondary N) is 1. The number of Topliss-reactive ketones (excluding diaryl/α,β-unsaturated/α-hetero) is 1. The van der Waals surface area contributed by atoms with Crippen molar-refractivity contribution in [2.75, 3.05) is 6.54 Å².